The summed E-state index contributed by atoms with van der Waals surface area (Å²) in [6.45, 7) is 2.26. The zero-order valence-corrected chi connectivity index (χ0v) is 15.8. The van der Waals surface area contributed by atoms with Crippen LogP contribution in [-0.4, -0.2) is 20.3 Å². The lowest BCUT2D eigenvalue weighted by atomic mass is 9.98. The second kappa shape index (κ2) is 15.7. The van der Waals surface area contributed by atoms with Gasteiger partial charge in [0.05, 0.1) is 0 Å². The van der Waals surface area contributed by atoms with E-state index >= 15 is 0 Å². The third-order valence-corrected chi connectivity index (χ3v) is 4.68. The van der Waals surface area contributed by atoms with Crippen molar-refractivity contribution in [2.75, 3.05) is 0 Å². The highest BCUT2D eigenvalue weighted by Crippen LogP contribution is 2.17. The highest BCUT2D eigenvalue weighted by molar-refractivity contribution is 7.80. The molecule has 0 spiro atoms. The SMILES string of the molecule is CCCCCCCCCCCCCCC(CC(O)=S)C(O)=S. The van der Waals surface area contributed by atoms with Crippen LogP contribution in [0, 0.1) is 5.92 Å². The molecule has 0 aromatic carbocycles. The van der Waals surface area contributed by atoms with E-state index in [-0.39, 0.29) is 16.0 Å². The summed E-state index contributed by atoms with van der Waals surface area (Å²) < 4.78 is 0. The number of rotatable bonds is 16. The van der Waals surface area contributed by atoms with Gasteiger partial charge in [-0.2, -0.15) is 0 Å². The van der Waals surface area contributed by atoms with Gasteiger partial charge in [-0.25, -0.2) is 0 Å². The molecular weight excluding hydrogens is 312 g/mol. The standard InChI is InChI=1S/C18H34O2S2/c1-2-3-4-5-6-7-8-9-10-11-12-13-14-16(18(20)22)15-17(19)21/h16H,2-15H2,1H3,(H,19,21)(H,20,22). The number of thiocarbonyl (C=S) groups is 2. The predicted molar refractivity (Wildman–Crippen MR) is 104 cm³/mol. The first-order valence-electron chi connectivity index (χ1n) is 9.02. The van der Waals surface area contributed by atoms with Crippen LogP contribution in [0.2, 0.25) is 0 Å². The second-order valence-electron chi connectivity index (χ2n) is 6.31. The van der Waals surface area contributed by atoms with Gasteiger partial charge < -0.3 is 10.2 Å². The molecule has 0 aromatic heterocycles. The third kappa shape index (κ3) is 14.7. The van der Waals surface area contributed by atoms with E-state index in [0.29, 0.717) is 6.42 Å². The molecule has 0 fully saturated rings. The Balaban J connectivity index is 3.35. The van der Waals surface area contributed by atoms with E-state index in [1.807, 2.05) is 0 Å². The van der Waals surface area contributed by atoms with Gasteiger partial charge in [0.15, 0.2) is 10.1 Å². The lowest BCUT2D eigenvalue weighted by Crippen LogP contribution is -2.15. The van der Waals surface area contributed by atoms with Crippen LogP contribution in [0.4, 0.5) is 0 Å². The normalized spacial score (nSPS) is 12.2. The quantitative estimate of drug-likeness (QED) is 0.237. The molecule has 0 radical (unpaired) electrons. The monoisotopic (exact) mass is 346 g/mol. The van der Waals surface area contributed by atoms with Crippen molar-refractivity contribution in [2.24, 2.45) is 5.92 Å². The molecule has 0 amide bonds. The molecule has 0 bridgehead atoms. The van der Waals surface area contributed by atoms with Gasteiger partial charge in [-0.1, -0.05) is 84.0 Å². The van der Waals surface area contributed by atoms with Crippen molar-refractivity contribution in [3.8, 4) is 0 Å². The minimum absolute atomic E-state index is 0.0144. The van der Waals surface area contributed by atoms with Crippen molar-refractivity contribution in [3.05, 3.63) is 0 Å². The first kappa shape index (κ1) is 21.8. The molecule has 0 rings (SSSR count). The first-order chi connectivity index (χ1) is 10.6. The number of aliphatic hydroxyl groups excluding tert-OH is 2. The molecule has 130 valence electrons. The molecule has 1 unspecified atom stereocenters. The highest BCUT2D eigenvalue weighted by atomic mass is 32.1. The maximum Gasteiger partial charge on any atom is 0.160 e. The lowest BCUT2D eigenvalue weighted by molar-refractivity contribution is 0.446. The summed E-state index contributed by atoms with van der Waals surface area (Å²) in [5, 5.41) is 18.5. The number of hydrogen-bond donors (Lipinski definition) is 2. The maximum atomic E-state index is 9.40. The van der Waals surface area contributed by atoms with Gasteiger partial charge >= 0.3 is 0 Å². The van der Waals surface area contributed by atoms with Crippen LogP contribution >= 0.6 is 24.4 Å². The molecule has 0 saturated carbocycles. The summed E-state index contributed by atoms with van der Waals surface area (Å²) in [6, 6.07) is 0. The van der Waals surface area contributed by atoms with E-state index in [9.17, 15) is 5.11 Å². The van der Waals surface area contributed by atoms with Gasteiger partial charge in [-0.15, -0.1) is 0 Å². The van der Waals surface area contributed by atoms with Gasteiger partial charge in [0.25, 0.3) is 0 Å². The largest absolute Gasteiger partial charge is 0.502 e. The van der Waals surface area contributed by atoms with Crippen LogP contribution in [0.5, 0.6) is 0 Å². The van der Waals surface area contributed by atoms with Crippen LogP contribution in [0.1, 0.15) is 96.8 Å². The third-order valence-electron chi connectivity index (χ3n) is 4.18. The van der Waals surface area contributed by atoms with E-state index in [1.165, 1.54) is 70.6 Å². The Bertz CT molecular complexity index is 293. The molecule has 0 aliphatic carbocycles. The minimum Gasteiger partial charge on any atom is -0.502 e. The van der Waals surface area contributed by atoms with E-state index in [4.69, 9.17) is 17.3 Å². The van der Waals surface area contributed by atoms with Gasteiger partial charge in [-0.3, -0.25) is 0 Å². The van der Waals surface area contributed by atoms with Crippen LogP contribution in [0.3, 0.4) is 0 Å². The second-order valence-corrected chi connectivity index (χ2v) is 7.20. The molecule has 0 aliphatic rings. The van der Waals surface area contributed by atoms with Gasteiger partial charge in [0, 0.05) is 12.3 Å². The topological polar surface area (TPSA) is 40.5 Å². The highest BCUT2D eigenvalue weighted by Gasteiger charge is 2.15. The fraction of sp³-hybridized carbons (Fsp3) is 0.889. The number of hydrogen-bond acceptors (Lipinski definition) is 2. The van der Waals surface area contributed by atoms with Crippen molar-refractivity contribution in [1.29, 1.82) is 0 Å². The Morgan fingerprint density at radius 3 is 1.50 bits per heavy atom. The van der Waals surface area contributed by atoms with E-state index in [0.717, 1.165) is 12.8 Å². The first-order valence-corrected chi connectivity index (χ1v) is 9.84. The molecule has 4 heteroatoms. The van der Waals surface area contributed by atoms with Crippen LogP contribution in [0.25, 0.3) is 0 Å². The van der Waals surface area contributed by atoms with Crippen molar-refractivity contribution < 1.29 is 10.2 Å². The van der Waals surface area contributed by atoms with E-state index in [1.54, 1.807) is 0 Å². The summed E-state index contributed by atoms with van der Waals surface area (Å²) in [5.74, 6) is -0.143. The molecule has 22 heavy (non-hydrogen) atoms. The van der Waals surface area contributed by atoms with Crippen molar-refractivity contribution in [2.45, 2.75) is 96.8 Å². The van der Waals surface area contributed by atoms with Crippen LogP contribution in [0.15, 0.2) is 0 Å². The maximum absolute atomic E-state index is 9.40. The summed E-state index contributed by atoms with van der Waals surface area (Å²) in [4.78, 5) is 0. The average molecular weight is 347 g/mol. The zero-order chi connectivity index (χ0) is 16.6. The van der Waals surface area contributed by atoms with Gasteiger partial charge in [-0.05, 0) is 30.9 Å². The lowest BCUT2D eigenvalue weighted by Gasteiger charge is -2.12. The summed E-state index contributed by atoms with van der Waals surface area (Å²) in [6.07, 6.45) is 17.0. The molecule has 2 N–H and O–H groups in total. The van der Waals surface area contributed by atoms with Gasteiger partial charge in [0.1, 0.15) is 0 Å². The smallest absolute Gasteiger partial charge is 0.160 e. The predicted octanol–water partition coefficient (Wildman–Crippen LogP) is 6.85. The summed E-state index contributed by atoms with van der Waals surface area (Å²) in [7, 11) is 0. The number of unbranched alkanes of at least 4 members (excludes halogenated alkanes) is 11. The Morgan fingerprint density at radius 2 is 1.14 bits per heavy atom. The molecule has 1 atom stereocenters. The fourth-order valence-electron chi connectivity index (χ4n) is 2.76. The van der Waals surface area contributed by atoms with Crippen LogP contribution in [-0.2, 0) is 0 Å². The summed E-state index contributed by atoms with van der Waals surface area (Å²) >= 11 is 9.48. The Labute approximate surface area is 147 Å². The molecule has 0 saturated heterocycles. The van der Waals surface area contributed by atoms with Gasteiger partial charge in [0.2, 0.25) is 0 Å². The van der Waals surface area contributed by atoms with Crippen molar-refractivity contribution in [1.82, 2.24) is 0 Å². The summed E-state index contributed by atoms with van der Waals surface area (Å²) in [5.41, 5.74) is 0. The van der Waals surface area contributed by atoms with Crippen LogP contribution < -0.4 is 0 Å². The molecule has 0 aromatic rings. The Hall–Kier alpha value is -0.220. The molecular formula is C18H34O2S2. The Morgan fingerprint density at radius 1 is 0.727 bits per heavy atom. The average Bonchev–Trinajstić information content (AvgIpc) is 2.46. The molecule has 0 heterocycles. The van der Waals surface area contributed by atoms with E-state index in [2.05, 4.69) is 19.1 Å². The minimum atomic E-state index is -0.143. The molecule has 2 nitrogen and oxygen atoms in total. The van der Waals surface area contributed by atoms with E-state index < -0.39 is 0 Å². The van der Waals surface area contributed by atoms with Crippen molar-refractivity contribution in [3.63, 3.8) is 0 Å². The molecule has 0 aliphatic heterocycles. The zero-order valence-electron chi connectivity index (χ0n) is 14.2. The van der Waals surface area contributed by atoms with Crippen molar-refractivity contribution >= 4 is 34.5 Å². The number of aliphatic hydroxyl groups is 2. The Kier molecular flexibility index (Phi) is 15.5. The fourth-order valence-corrected chi connectivity index (χ4v) is 3.16.